The Labute approximate surface area is 94.1 Å². The van der Waals surface area contributed by atoms with E-state index in [1.165, 1.54) is 24.2 Å². The number of carbonyl (C=O) groups excluding carboxylic acids is 1. The van der Waals surface area contributed by atoms with Crippen molar-refractivity contribution in [3.63, 3.8) is 0 Å². The fraction of sp³-hybridized carbons (Fsp3) is 0.636. The highest BCUT2D eigenvalue weighted by Crippen LogP contribution is 2.19. The van der Waals surface area contributed by atoms with Crippen molar-refractivity contribution in [2.24, 2.45) is 5.92 Å². The molecule has 0 aromatic carbocycles. The number of hydrogen-bond donors (Lipinski definition) is 0. The third-order valence-corrected chi connectivity index (χ3v) is 3.83. The minimum Gasteiger partial charge on any atom is -0.297 e. The van der Waals surface area contributed by atoms with Crippen LogP contribution in [0.2, 0.25) is 0 Å². The Morgan fingerprint density at radius 3 is 2.93 bits per heavy atom. The molecule has 0 spiro atoms. The van der Waals surface area contributed by atoms with Crippen molar-refractivity contribution in [1.82, 2.24) is 9.88 Å². The van der Waals surface area contributed by atoms with E-state index in [4.69, 9.17) is 0 Å². The summed E-state index contributed by atoms with van der Waals surface area (Å²) >= 11 is 1.51. The first kappa shape index (κ1) is 10.8. The zero-order valence-corrected chi connectivity index (χ0v) is 9.80. The smallest absolute Gasteiger partial charge is 0.161 e. The number of carbonyl (C=O) groups is 1. The van der Waals surface area contributed by atoms with Gasteiger partial charge < -0.3 is 0 Å². The Morgan fingerprint density at radius 2 is 2.33 bits per heavy atom. The van der Waals surface area contributed by atoms with Gasteiger partial charge in [-0.1, -0.05) is 6.92 Å². The van der Waals surface area contributed by atoms with Gasteiger partial charge in [-0.3, -0.25) is 9.69 Å². The maximum atomic E-state index is 10.5. The average Bonchev–Trinajstić information content (AvgIpc) is 2.69. The molecule has 82 valence electrons. The first-order chi connectivity index (χ1) is 7.28. The first-order valence-electron chi connectivity index (χ1n) is 5.40. The van der Waals surface area contributed by atoms with Gasteiger partial charge >= 0.3 is 0 Å². The lowest BCUT2D eigenvalue weighted by molar-refractivity contribution is 0.112. The second-order valence-electron chi connectivity index (χ2n) is 4.23. The molecule has 3 nitrogen and oxygen atoms in total. The summed E-state index contributed by atoms with van der Waals surface area (Å²) in [6, 6.07) is 0. The van der Waals surface area contributed by atoms with Crippen molar-refractivity contribution in [1.29, 1.82) is 0 Å². The predicted molar refractivity (Wildman–Crippen MR) is 61.2 cm³/mol. The molecule has 0 amide bonds. The van der Waals surface area contributed by atoms with Crippen LogP contribution in [0.3, 0.4) is 0 Å². The number of aldehydes is 1. The van der Waals surface area contributed by atoms with E-state index in [0.717, 1.165) is 41.7 Å². The van der Waals surface area contributed by atoms with E-state index in [2.05, 4.69) is 16.8 Å². The minimum absolute atomic E-state index is 0.732. The molecular formula is C11H16N2OS. The molecular weight excluding hydrogens is 208 g/mol. The normalized spacial score (nSPS) is 19.3. The highest BCUT2D eigenvalue weighted by atomic mass is 32.1. The molecule has 0 saturated carbocycles. The highest BCUT2D eigenvalue weighted by Gasteiger charge is 2.16. The Kier molecular flexibility index (Phi) is 3.49. The quantitative estimate of drug-likeness (QED) is 0.738. The van der Waals surface area contributed by atoms with E-state index in [1.807, 2.05) is 0 Å². The summed E-state index contributed by atoms with van der Waals surface area (Å²) < 4.78 is 0. The molecule has 1 aromatic rings. The zero-order chi connectivity index (χ0) is 10.7. The molecule has 2 heterocycles. The monoisotopic (exact) mass is 224 g/mol. The summed E-state index contributed by atoms with van der Waals surface area (Å²) in [5.41, 5.74) is 0. The summed E-state index contributed by atoms with van der Waals surface area (Å²) in [5, 5.41) is 1.06. The fourth-order valence-electron chi connectivity index (χ4n) is 1.86. The van der Waals surface area contributed by atoms with Crippen LogP contribution < -0.4 is 0 Å². The van der Waals surface area contributed by atoms with Crippen LogP contribution in [0.25, 0.3) is 0 Å². The van der Waals surface area contributed by atoms with Gasteiger partial charge in [0.05, 0.1) is 11.4 Å². The largest absolute Gasteiger partial charge is 0.297 e. The van der Waals surface area contributed by atoms with Gasteiger partial charge in [0, 0.05) is 6.20 Å². The van der Waals surface area contributed by atoms with Crippen molar-refractivity contribution >= 4 is 17.6 Å². The molecule has 1 saturated heterocycles. The lowest BCUT2D eigenvalue weighted by Crippen LogP contribution is -2.32. The standard InChI is InChI=1S/C11H16N2OS/c1-9-2-4-13(5-3-9)7-11-12-6-10(8-14)15-11/h6,8-9H,2-5,7H2,1H3. The number of hydrogen-bond acceptors (Lipinski definition) is 4. The van der Waals surface area contributed by atoms with E-state index < -0.39 is 0 Å². The topological polar surface area (TPSA) is 33.2 Å². The number of rotatable bonds is 3. The molecule has 0 N–H and O–H groups in total. The van der Waals surface area contributed by atoms with E-state index in [-0.39, 0.29) is 0 Å². The van der Waals surface area contributed by atoms with Gasteiger partial charge in [-0.05, 0) is 31.8 Å². The van der Waals surface area contributed by atoms with Crippen LogP contribution in [0.1, 0.15) is 34.4 Å². The molecule has 1 aliphatic heterocycles. The zero-order valence-electron chi connectivity index (χ0n) is 8.98. The Hall–Kier alpha value is -0.740. The molecule has 4 heteroatoms. The molecule has 0 unspecified atom stereocenters. The summed E-state index contributed by atoms with van der Waals surface area (Å²) in [7, 11) is 0. The summed E-state index contributed by atoms with van der Waals surface area (Å²) in [6.45, 7) is 5.55. The number of aromatic nitrogens is 1. The lowest BCUT2D eigenvalue weighted by Gasteiger charge is -2.29. The molecule has 0 aliphatic carbocycles. The van der Waals surface area contributed by atoms with Crippen molar-refractivity contribution in [3.8, 4) is 0 Å². The second kappa shape index (κ2) is 4.86. The van der Waals surface area contributed by atoms with Crippen molar-refractivity contribution in [3.05, 3.63) is 16.1 Å². The fourth-order valence-corrected chi connectivity index (χ4v) is 2.64. The average molecular weight is 224 g/mol. The van der Waals surface area contributed by atoms with Crippen LogP contribution in [-0.2, 0) is 6.54 Å². The van der Waals surface area contributed by atoms with Crippen LogP contribution in [0.4, 0.5) is 0 Å². The Bertz CT molecular complexity index is 329. The van der Waals surface area contributed by atoms with Gasteiger partial charge in [0.15, 0.2) is 6.29 Å². The molecule has 0 bridgehead atoms. The lowest BCUT2D eigenvalue weighted by atomic mass is 9.99. The van der Waals surface area contributed by atoms with E-state index in [1.54, 1.807) is 6.20 Å². The minimum atomic E-state index is 0.732. The molecule has 1 fully saturated rings. The maximum absolute atomic E-state index is 10.5. The number of likely N-dealkylation sites (tertiary alicyclic amines) is 1. The molecule has 1 aromatic heterocycles. The number of nitrogens with zero attached hydrogens (tertiary/aromatic N) is 2. The SMILES string of the molecule is CC1CCN(Cc2ncc(C=O)s2)CC1. The summed E-state index contributed by atoms with van der Waals surface area (Å²) in [5.74, 6) is 0.864. The maximum Gasteiger partial charge on any atom is 0.161 e. The molecule has 2 rings (SSSR count). The van der Waals surface area contributed by atoms with Gasteiger partial charge in [-0.25, -0.2) is 4.98 Å². The van der Waals surface area contributed by atoms with Gasteiger partial charge in [0.1, 0.15) is 5.01 Å². The number of piperidine rings is 1. The third-order valence-electron chi connectivity index (χ3n) is 2.92. The van der Waals surface area contributed by atoms with Gasteiger partial charge in [-0.15, -0.1) is 11.3 Å². The molecule has 1 aliphatic rings. The molecule has 15 heavy (non-hydrogen) atoms. The first-order valence-corrected chi connectivity index (χ1v) is 6.22. The van der Waals surface area contributed by atoms with Crippen molar-refractivity contribution in [2.75, 3.05) is 13.1 Å². The van der Waals surface area contributed by atoms with E-state index in [9.17, 15) is 4.79 Å². The summed E-state index contributed by atoms with van der Waals surface area (Å²) in [4.78, 5) is 17.9. The molecule has 0 radical (unpaired) electrons. The van der Waals surface area contributed by atoms with Crippen LogP contribution in [0.5, 0.6) is 0 Å². The third kappa shape index (κ3) is 2.86. The van der Waals surface area contributed by atoms with Crippen LogP contribution >= 0.6 is 11.3 Å². The van der Waals surface area contributed by atoms with Gasteiger partial charge in [-0.2, -0.15) is 0 Å². The number of thiazole rings is 1. The van der Waals surface area contributed by atoms with Crippen molar-refractivity contribution < 1.29 is 4.79 Å². The van der Waals surface area contributed by atoms with Gasteiger partial charge in [0.2, 0.25) is 0 Å². The van der Waals surface area contributed by atoms with Crippen molar-refractivity contribution in [2.45, 2.75) is 26.3 Å². The highest BCUT2D eigenvalue weighted by molar-refractivity contribution is 7.13. The van der Waals surface area contributed by atoms with E-state index in [0.29, 0.717) is 0 Å². The predicted octanol–water partition coefficient (Wildman–Crippen LogP) is 2.19. The van der Waals surface area contributed by atoms with Crippen LogP contribution in [0.15, 0.2) is 6.20 Å². The van der Waals surface area contributed by atoms with E-state index >= 15 is 0 Å². The van der Waals surface area contributed by atoms with Crippen LogP contribution in [0, 0.1) is 5.92 Å². The Balaban J connectivity index is 1.88. The van der Waals surface area contributed by atoms with Crippen LogP contribution in [-0.4, -0.2) is 29.3 Å². The Morgan fingerprint density at radius 1 is 1.60 bits per heavy atom. The summed E-state index contributed by atoms with van der Waals surface area (Å²) in [6.07, 6.45) is 5.11. The second-order valence-corrected chi connectivity index (χ2v) is 5.38. The molecule has 0 atom stereocenters. The van der Waals surface area contributed by atoms with Gasteiger partial charge in [0.25, 0.3) is 0 Å².